The summed E-state index contributed by atoms with van der Waals surface area (Å²) in [7, 11) is 0. The quantitative estimate of drug-likeness (QED) is 0.579. The highest BCUT2D eigenvalue weighted by Crippen LogP contribution is 2.31. The molecule has 0 saturated carbocycles. The van der Waals surface area contributed by atoms with E-state index in [0.29, 0.717) is 31.4 Å². The zero-order valence-corrected chi connectivity index (χ0v) is 17.9. The maximum absolute atomic E-state index is 12.9. The SMILES string of the molecule is Cc1nc2ccc(CCC(=O)N3CC[C@@](C)(O)[C@H](n4cc(C)c(=O)[nH]c4=O)C3)cc2[nH]1. The van der Waals surface area contributed by atoms with Gasteiger partial charge in [-0.3, -0.25) is 19.1 Å². The molecule has 3 aromatic rings. The fourth-order valence-corrected chi connectivity index (χ4v) is 4.21. The van der Waals surface area contributed by atoms with E-state index < -0.39 is 22.9 Å². The Morgan fingerprint density at radius 2 is 2.06 bits per heavy atom. The number of nitrogens with zero attached hydrogens (tertiary/aromatic N) is 3. The minimum absolute atomic E-state index is 0.0319. The first kappa shape index (κ1) is 21.0. The topological polar surface area (TPSA) is 124 Å². The van der Waals surface area contributed by atoms with Crippen molar-refractivity contribution in [2.75, 3.05) is 13.1 Å². The summed E-state index contributed by atoms with van der Waals surface area (Å²) in [6, 6.07) is 5.28. The van der Waals surface area contributed by atoms with Gasteiger partial charge in [0, 0.05) is 31.3 Å². The van der Waals surface area contributed by atoms with Gasteiger partial charge >= 0.3 is 5.69 Å². The zero-order chi connectivity index (χ0) is 22.3. The minimum atomic E-state index is -1.17. The first-order valence-electron chi connectivity index (χ1n) is 10.4. The van der Waals surface area contributed by atoms with E-state index in [1.165, 1.54) is 10.8 Å². The van der Waals surface area contributed by atoms with E-state index in [1.807, 2.05) is 25.1 Å². The number of aliphatic hydroxyl groups is 1. The molecule has 2 atom stereocenters. The first-order chi connectivity index (χ1) is 14.6. The van der Waals surface area contributed by atoms with Crippen LogP contribution in [0.1, 0.15) is 42.8 Å². The van der Waals surface area contributed by atoms with Gasteiger partial charge in [0.1, 0.15) is 5.82 Å². The number of likely N-dealkylation sites (tertiary alicyclic amines) is 1. The van der Waals surface area contributed by atoms with Crippen molar-refractivity contribution in [3.63, 3.8) is 0 Å². The summed E-state index contributed by atoms with van der Waals surface area (Å²) in [5.41, 5.74) is 1.06. The number of piperidine rings is 1. The average molecular weight is 425 g/mol. The van der Waals surface area contributed by atoms with Crippen LogP contribution in [0.3, 0.4) is 0 Å². The van der Waals surface area contributed by atoms with Crippen LogP contribution in [0.15, 0.2) is 34.0 Å². The summed E-state index contributed by atoms with van der Waals surface area (Å²) in [4.78, 5) is 48.5. The fraction of sp³-hybridized carbons (Fsp3) is 0.455. The van der Waals surface area contributed by atoms with Gasteiger partial charge in [0.05, 0.1) is 22.7 Å². The Bertz CT molecular complexity index is 1250. The third kappa shape index (κ3) is 4.18. The Hall–Kier alpha value is -3.20. The number of amides is 1. The Kier molecular flexibility index (Phi) is 5.30. The van der Waals surface area contributed by atoms with E-state index in [4.69, 9.17) is 0 Å². The van der Waals surface area contributed by atoms with Gasteiger partial charge in [-0.1, -0.05) is 6.07 Å². The predicted molar refractivity (Wildman–Crippen MR) is 116 cm³/mol. The van der Waals surface area contributed by atoms with E-state index in [-0.39, 0.29) is 12.5 Å². The van der Waals surface area contributed by atoms with E-state index >= 15 is 0 Å². The van der Waals surface area contributed by atoms with Gasteiger partial charge in [-0.15, -0.1) is 0 Å². The van der Waals surface area contributed by atoms with Gasteiger partial charge in [0.15, 0.2) is 0 Å². The number of aromatic nitrogens is 4. The lowest BCUT2D eigenvalue weighted by Crippen LogP contribution is -2.55. The number of aromatic amines is 2. The molecule has 1 saturated heterocycles. The Labute approximate surface area is 178 Å². The Balaban J connectivity index is 1.49. The van der Waals surface area contributed by atoms with Crippen molar-refractivity contribution in [3.05, 3.63) is 62.2 Å². The van der Waals surface area contributed by atoms with Crippen LogP contribution in [0.2, 0.25) is 0 Å². The van der Waals surface area contributed by atoms with E-state index in [0.717, 1.165) is 22.4 Å². The molecule has 9 heteroatoms. The predicted octanol–water partition coefficient (Wildman–Crippen LogP) is 1.19. The van der Waals surface area contributed by atoms with E-state index in [2.05, 4.69) is 15.0 Å². The summed E-state index contributed by atoms with van der Waals surface area (Å²) < 4.78 is 1.34. The van der Waals surface area contributed by atoms with E-state index in [9.17, 15) is 19.5 Å². The number of aryl methyl sites for hydroxylation is 3. The van der Waals surface area contributed by atoms with Gasteiger partial charge < -0.3 is 15.0 Å². The molecule has 1 amide bonds. The maximum atomic E-state index is 12.9. The van der Waals surface area contributed by atoms with Crippen molar-refractivity contribution in [1.82, 2.24) is 24.4 Å². The summed E-state index contributed by atoms with van der Waals surface area (Å²) in [5, 5.41) is 10.9. The van der Waals surface area contributed by atoms with Crippen molar-refractivity contribution in [2.45, 2.75) is 51.7 Å². The first-order valence-corrected chi connectivity index (χ1v) is 10.4. The number of fused-ring (bicyclic) bond motifs is 1. The Morgan fingerprint density at radius 3 is 2.84 bits per heavy atom. The molecule has 9 nitrogen and oxygen atoms in total. The normalized spacial score (nSPS) is 21.5. The number of nitrogens with one attached hydrogen (secondary N) is 2. The highest BCUT2D eigenvalue weighted by Gasteiger charge is 2.40. The molecule has 0 radical (unpaired) electrons. The zero-order valence-electron chi connectivity index (χ0n) is 17.9. The molecule has 31 heavy (non-hydrogen) atoms. The molecule has 0 unspecified atom stereocenters. The third-order valence-electron chi connectivity index (χ3n) is 6.13. The lowest BCUT2D eigenvalue weighted by atomic mass is 9.87. The lowest BCUT2D eigenvalue weighted by Gasteiger charge is -2.43. The van der Waals surface area contributed by atoms with Gasteiger partial charge in [-0.05, 0) is 51.3 Å². The van der Waals surface area contributed by atoms with Gasteiger partial charge in [0.2, 0.25) is 5.91 Å². The minimum Gasteiger partial charge on any atom is -0.388 e. The highest BCUT2D eigenvalue weighted by molar-refractivity contribution is 5.78. The monoisotopic (exact) mass is 425 g/mol. The largest absolute Gasteiger partial charge is 0.388 e. The fourth-order valence-electron chi connectivity index (χ4n) is 4.21. The molecule has 1 aliphatic rings. The summed E-state index contributed by atoms with van der Waals surface area (Å²) >= 11 is 0. The van der Waals surface area contributed by atoms with Crippen LogP contribution in [-0.4, -0.2) is 54.1 Å². The molecule has 0 aliphatic carbocycles. The van der Waals surface area contributed by atoms with Crippen molar-refractivity contribution in [2.24, 2.45) is 0 Å². The van der Waals surface area contributed by atoms with Gasteiger partial charge in [0.25, 0.3) is 5.56 Å². The molecule has 0 spiro atoms. The molecule has 3 heterocycles. The van der Waals surface area contributed by atoms with Crippen LogP contribution in [0.25, 0.3) is 11.0 Å². The van der Waals surface area contributed by atoms with Crippen molar-refractivity contribution < 1.29 is 9.90 Å². The standard InChI is InChI=1S/C22H27N5O4/c1-13-11-27(21(30)25-20(13)29)18-12-26(9-8-22(18,3)31)19(28)7-5-15-4-6-16-17(10-15)24-14(2)23-16/h4,6,10-11,18,31H,5,7-9,12H2,1-3H3,(H,23,24)(H,25,29,30)/t18-,22-/m1/s1. The van der Waals surface area contributed by atoms with Crippen LogP contribution < -0.4 is 11.2 Å². The van der Waals surface area contributed by atoms with Crippen LogP contribution in [0.5, 0.6) is 0 Å². The van der Waals surface area contributed by atoms with Crippen LogP contribution >= 0.6 is 0 Å². The summed E-state index contributed by atoms with van der Waals surface area (Å²) in [6.07, 6.45) is 2.71. The van der Waals surface area contributed by atoms with Crippen molar-refractivity contribution >= 4 is 16.9 Å². The number of hydrogen-bond donors (Lipinski definition) is 3. The van der Waals surface area contributed by atoms with Crippen molar-refractivity contribution in [3.8, 4) is 0 Å². The highest BCUT2D eigenvalue weighted by atomic mass is 16.3. The molecule has 0 bridgehead atoms. The van der Waals surface area contributed by atoms with Crippen molar-refractivity contribution in [1.29, 1.82) is 0 Å². The van der Waals surface area contributed by atoms with Crippen LogP contribution in [-0.2, 0) is 11.2 Å². The third-order valence-corrected chi connectivity index (χ3v) is 6.13. The molecular weight excluding hydrogens is 398 g/mol. The van der Waals surface area contributed by atoms with Gasteiger partial charge in [-0.2, -0.15) is 0 Å². The second-order valence-corrected chi connectivity index (χ2v) is 8.62. The molecule has 1 aromatic carbocycles. The molecular formula is C22H27N5O4. The maximum Gasteiger partial charge on any atom is 0.328 e. The number of carbonyl (C=O) groups is 1. The second-order valence-electron chi connectivity index (χ2n) is 8.62. The summed E-state index contributed by atoms with van der Waals surface area (Å²) in [5.74, 6) is 0.818. The number of imidazole rings is 1. The molecule has 2 aromatic heterocycles. The lowest BCUT2D eigenvalue weighted by molar-refractivity contribution is -0.138. The molecule has 1 aliphatic heterocycles. The van der Waals surface area contributed by atoms with Crippen LogP contribution in [0.4, 0.5) is 0 Å². The van der Waals surface area contributed by atoms with Gasteiger partial charge in [-0.25, -0.2) is 9.78 Å². The Morgan fingerprint density at radius 1 is 1.29 bits per heavy atom. The molecule has 164 valence electrons. The average Bonchev–Trinajstić information content (AvgIpc) is 3.08. The summed E-state index contributed by atoms with van der Waals surface area (Å²) in [6.45, 7) is 5.79. The number of hydrogen-bond acceptors (Lipinski definition) is 5. The van der Waals surface area contributed by atoms with Crippen LogP contribution in [0, 0.1) is 13.8 Å². The molecule has 3 N–H and O–H groups in total. The number of rotatable bonds is 4. The van der Waals surface area contributed by atoms with E-state index in [1.54, 1.807) is 18.7 Å². The second kappa shape index (κ2) is 7.81. The molecule has 4 rings (SSSR count). The number of H-pyrrole nitrogens is 2. The number of benzene rings is 1. The smallest absolute Gasteiger partial charge is 0.328 e. The molecule has 1 fully saturated rings. The number of carbonyl (C=O) groups excluding carboxylic acids is 1.